The lowest BCUT2D eigenvalue weighted by Crippen LogP contribution is -2.31. The lowest BCUT2D eigenvalue weighted by Gasteiger charge is -2.17. The summed E-state index contributed by atoms with van der Waals surface area (Å²) < 4.78 is 0. The summed E-state index contributed by atoms with van der Waals surface area (Å²) in [6.45, 7) is 4.00. The van der Waals surface area contributed by atoms with Crippen molar-refractivity contribution >= 4 is 34.7 Å². The lowest BCUT2D eigenvalue weighted by atomic mass is 10.1. The number of aryl methyl sites for hydroxylation is 1. The van der Waals surface area contributed by atoms with E-state index < -0.39 is 0 Å². The molecule has 3 nitrogen and oxygen atoms in total. The maximum Gasteiger partial charge on any atom is 0.172 e. The Hall–Kier alpha value is -1.65. The Morgan fingerprint density at radius 1 is 1.30 bits per heavy atom. The monoisotopic (exact) mass is 305 g/mol. The van der Waals surface area contributed by atoms with Gasteiger partial charge in [0.15, 0.2) is 5.11 Å². The Kier molecular flexibility index (Phi) is 4.93. The minimum absolute atomic E-state index is 0.129. The molecule has 1 aromatic heterocycles. The van der Waals surface area contributed by atoms with Gasteiger partial charge >= 0.3 is 0 Å². The van der Waals surface area contributed by atoms with Crippen LogP contribution in [-0.2, 0) is 0 Å². The van der Waals surface area contributed by atoms with E-state index in [2.05, 4.69) is 34.7 Å². The topological polar surface area (TPSA) is 37.0 Å². The van der Waals surface area contributed by atoms with Crippen LogP contribution in [0.3, 0.4) is 0 Å². The van der Waals surface area contributed by atoms with Crippen LogP contribution in [0.2, 0.25) is 5.02 Å². The van der Waals surface area contributed by atoms with E-state index in [1.807, 2.05) is 31.2 Å². The van der Waals surface area contributed by atoms with Crippen molar-refractivity contribution in [1.82, 2.24) is 10.3 Å². The lowest BCUT2D eigenvalue weighted by molar-refractivity contribution is 0.722. The SMILES string of the molecule is Cc1cc(Cl)cnc1NC(=S)N[C@H](C)c1ccccc1. The number of anilines is 1. The molecule has 0 amide bonds. The molecule has 2 N–H and O–H groups in total. The average Bonchev–Trinajstić information content (AvgIpc) is 2.43. The zero-order chi connectivity index (χ0) is 14.5. The van der Waals surface area contributed by atoms with Crippen LogP contribution in [0.1, 0.15) is 24.1 Å². The van der Waals surface area contributed by atoms with Crippen molar-refractivity contribution in [2.45, 2.75) is 19.9 Å². The van der Waals surface area contributed by atoms with Crippen LogP contribution >= 0.6 is 23.8 Å². The van der Waals surface area contributed by atoms with Gasteiger partial charge in [0.2, 0.25) is 0 Å². The van der Waals surface area contributed by atoms with Crippen molar-refractivity contribution in [2.75, 3.05) is 5.32 Å². The van der Waals surface area contributed by atoms with E-state index in [9.17, 15) is 0 Å². The molecule has 0 unspecified atom stereocenters. The molecule has 2 rings (SSSR count). The Morgan fingerprint density at radius 2 is 2.00 bits per heavy atom. The maximum absolute atomic E-state index is 5.88. The molecule has 0 aliphatic carbocycles. The number of rotatable bonds is 3. The first-order valence-corrected chi connectivity index (χ1v) is 7.09. The van der Waals surface area contributed by atoms with Crippen molar-refractivity contribution in [3.63, 3.8) is 0 Å². The normalized spacial score (nSPS) is 11.8. The summed E-state index contributed by atoms with van der Waals surface area (Å²) in [5.74, 6) is 0.715. The largest absolute Gasteiger partial charge is 0.356 e. The van der Waals surface area contributed by atoms with E-state index >= 15 is 0 Å². The molecule has 1 aromatic carbocycles. The van der Waals surface area contributed by atoms with Gasteiger partial charge in [-0.1, -0.05) is 41.9 Å². The third-order valence-corrected chi connectivity index (χ3v) is 3.35. The maximum atomic E-state index is 5.88. The van der Waals surface area contributed by atoms with Gasteiger partial charge < -0.3 is 10.6 Å². The number of nitrogens with one attached hydrogen (secondary N) is 2. The number of pyridine rings is 1. The van der Waals surface area contributed by atoms with Crippen LogP contribution in [0.15, 0.2) is 42.6 Å². The first kappa shape index (κ1) is 14.8. The van der Waals surface area contributed by atoms with Crippen molar-refractivity contribution in [3.8, 4) is 0 Å². The minimum Gasteiger partial charge on any atom is -0.356 e. The zero-order valence-electron chi connectivity index (χ0n) is 11.4. The fraction of sp³-hybridized carbons (Fsp3) is 0.200. The quantitative estimate of drug-likeness (QED) is 0.838. The zero-order valence-corrected chi connectivity index (χ0v) is 12.9. The molecule has 0 radical (unpaired) electrons. The fourth-order valence-electron chi connectivity index (χ4n) is 1.84. The molecule has 5 heteroatoms. The van der Waals surface area contributed by atoms with Crippen molar-refractivity contribution < 1.29 is 0 Å². The van der Waals surface area contributed by atoms with Gasteiger partial charge in [-0.15, -0.1) is 0 Å². The molecule has 0 saturated carbocycles. The van der Waals surface area contributed by atoms with Crippen molar-refractivity contribution in [1.29, 1.82) is 0 Å². The fourth-order valence-corrected chi connectivity index (χ4v) is 2.32. The highest BCUT2D eigenvalue weighted by Crippen LogP contribution is 2.17. The number of halogens is 1. The highest BCUT2D eigenvalue weighted by Gasteiger charge is 2.08. The Labute approximate surface area is 129 Å². The van der Waals surface area contributed by atoms with E-state index in [-0.39, 0.29) is 6.04 Å². The van der Waals surface area contributed by atoms with Gasteiger partial charge in [-0.3, -0.25) is 0 Å². The molecule has 0 aliphatic heterocycles. The predicted molar refractivity (Wildman–Crippen MR) is 88.2 cm³/mol. The van der Waals surface area contributed by atoms with Crippen LogP contribution in [-0.4, -0.2) is 10.1 Å². The number of aromatic nitrogens is 1. The second kappa shape index (κ2) is 6.68. The van der Waals surface area contributed by atoms with Gasteiger partial charge in [0, 0.05) is 6.20 Å². The summed E-state index contributed by atoms with van der Waals surface area (Å²) in [4.78, 5) is 4.23. The molecule has 0 spiro atoms. The van der Waals surface area contributed by atoms with Crippen LogP contribution in [0.25, 0.3) is 0 Å². The van der Waals surface area contributed by atoms with Crippen LogP contribution in [0.5, 0.6) is 0 Å². The highest BCUT2D eigenvalue weighted by molar-refractivity contribution is 7.80. The smallest absolute Gasteiger partial charge is 0.172 e. The van der Waals surface area contributed by atoms with Gasteiger partial charge in [-0.2, -0.15) is 0 Å². The summed E-state index contributed by atoms with van der Waals surface area (Å²) in [5, 5.41) is 7.48. The molecular weight excluding hydrogens is 290 g/mol. The van der Waals surface area contributed by atoms with Crippen molar-refractivity contribution in [3.05, 3.63) is 58.7 Å². The summed E-state index contributed by atoms with van der Waals surface area (Å²) in [5.41, 5.74) is 2.13. The summed E-state index contributed by atoms with van der Waals surface area (Å²) >= 11 is 11.2. The third kappa shape index (κ3) is 3.92. The first-order valence-electron chi connectivity index (χ1n) is 6.31. The molecule has 0 aliphatic rings. The van der Waals surface area contributed by atoms with E-state index in [0.717, 1.165) is 5.56 Å². The minimum atomic E-state index is 0.129. The van der Waals surface area contributed by atoms with E-state index in [0.29, 0.717) is 16.0 Å². The summed E-state index contributed by atoms with van der Waals surface area (Å²) in [7, 11) is 0. The van der Waals surface area contributed by atoms with Crippen LogP contribution in [0.4, 0.5) is 5.82 Å². The molecule has 1 heterocycles. The van der Waals surface area contributed by atoms with E-state index in [1.54, 1.807) is 6.20 Å². The molecule has 20 heavy (non-hydrogen) atoms. The van der Waals surface area contributed by atoms with Gasteiger partial charge in [0.05, 0.1) is 11.1 Å². The molecule has 1 atom stereocenters. The molecule has 104 valence electrons. The first-order chi connectivity index (χ1) is 9.56. The van der Waals surface area contributed by atoms with E-state index in [4.69, 9.17) is 23.8 Å². The standard InChI is InChI=1S/C15H16ClN3S/c1-10-8-13(16)9-17-14(10)19-15(20)18-11(2)12-6-4-3-5-7-12/h3-9,11H,1-2H3,(H2,17,18,19,20)/t11-/m1/s1. The molecule has 2 aromatic rings. The number of nitrogens with zero attached hydrogens (tertiary/aromatic N) is 1. The second-order valence-electron chi connectivity index (χ2n) is 4.55. The van der Waals surface area contributed by atoms with Gasteiger partial charge in [-0.25, -0.2) is 4.98 Å². The Morgan fingerprint density at radius 3 is 2.65 bits per heavy atom. The highest BCUT2D eigenvalue weighted by atomic mass is 35.5. The van der Waals surface area contributed by atoms with Gasteiger partial charge in [0.1, 0.15) is 5.82 Å². The average molecular weight is 306 g/mol. The third-order valence-electron chi connectivity index (χ3n) is 2.92. The number of hydrogen-bond donors (Lipinski definition) is 2. The number of hydrogen-bond acceptors (Lipinski definition) is 2. The van der Waals surface area contributed by atoms with Crippen LogP contribution < -0.4 is 10.6 Å². The predicted octanol–water partition coefficient (Wildman–Crippen LogP) is 4.09. The Bertz CT molecular complexity index is 601. The number of benzene rings is 1. The van der Waals surface area contributed by atoms with Gasteiger partial charge in [-0.05, 0) is 43.3 Å². The molecule has 0 saturated heterocycles. The molecular formula is C15H16ClN3S. The molecule has 0 fully saturated rings. The summed E-state index contributed by atoms with van der Waals surface area (Å²) in [6, 6.07) is 12.1. The number of thiocarbonyl (C=S) groups is 1. The Balaban J connectivity index is 1.99. The van der Waals surface area contributed by atoms with E-state index in [1.165, 1.54) is 5.56 Å². The second-order valence-corrected chi connectivity index (χ2v) is 5.39. The van der Waals surface area contributed by atoms with Crippen LogP contribution in [0, 0.1) is 6.92 Å². The molecule has 0 bridgehead atoms. The van der Waals surface area contributed by atoms with Crippen molar-refractivity contribution in [2.24, 2.45) is 0 Å². The summed E-state index contributed by atoms with van der Waals surface area (Å²) in [6.07, 6.45) is 1.60. The van der Waals surface area contributed by atoms with Gasteiger partial charge in [0.25, 0.3) is 0 Å².